The molecule has 4 heteroatoms. The number of nitrogens with zero attached hydrogens (tertiary/aromatic N) is 2. The van der Waals surface area contributed by atoms with E-state index in [1.165, 1.54) is 6.20 Å². The quantitative estimate of drug-likeness (QED) is 0.752. The molecule has 0 aliphatic heterocycles. The molecule has 0 fully saturated rings. The Kier molecular flexibility index (Phi) is 3.51. The van der Waals surface area contributed by atoms with E-state index in [2.05, 4.69) is 5.10 Å². The first-order chi connectivity index (χ1) is 10.6. The Morgan fingerprint density at radius 3 is 2.59 bits per heavy atom. The number of phenolic OH excluding ortho intramolecular Hbond substituents is 1. The van der Waals surface area contributed by atoms with Crippen LogP contribution in [0, 0.1) is 13.8 Å². The summed E-state index contributed by atoms with van der Waals surface area (Å²) >= 11 is 0. The molecule has 0 atom stereocenters. The molecule has 22 heavy (non-hydrogen) atoms. The van der Waals surface area contributed by atoms with Crippen molar-refractivity contribution in [1.82, 2.24) is 9.78 Å². The molecule has 2 aromatic carbocycles. The van der Waals surface area contributed by atoms with Gasteiger partial charge in [0.05, 0.1) is 23.0 Å². The fraction of sp³-hybridized carbons (Fsp3) is 0.111. The van der Waals surface area contributed by atoms with Crippen LogP contribution < -0.4 is 0 Å². The molecule has 4 nitrogen and oxygen atoms in total. The second-order valence-corrected chi connectivity index (χ2v) is 5.32. The van der Waals surface area contributed by atoms with Crippen LogP contribution in [0.1, 0.15) is 27.0 Å². The van der Waals surface area contributed by atoms with E-state index < -0.39 is 0 Å². The number of hydrogen-bond acceptors (Lipinski definition) is 3. The average molecular weight is 292 g/mol. The lowest BCUT2D eigenvalue weighted by Crippen LogP contribution is -2.02. The summed E-state index contributed by atoms with van der Waals surface area (Å²) in [5, 5.41) is 14.4. The van der Waals surface area contributed by atoms with Gasteiger partial charge in [-0.15, -0.1) is 0 Å². The van der Waals surface area contributed by atoms with Crippen LogP contribution in [0.4, 0.5) is 0 Å². The molecule has 3 rings (SSSR count). The first-order valence-corrected chi connectivity index (χ1v) is 7.01. The van der Waals surface area contributed by atoms with Gasteiger partial charge in [0.15, 0.2) is 5.78 Å². The maximum Gasteiger partial charge on any atom is 0.199 e. The summed E-state index contributed by atoms with van der Waals surface area (Å²) in [4.78, 5) is 12.6. The van der Waals surface area contributed by atoms with Crippen LogP contribution in [0.25, 0.3) is 5.69 Å². The molecule has 110 valence electrons. The summed E-state index contributed by atoms with van der Waals surface area (Å²) in [6, 6.07) is 13.1. The highest BCUT2D eigenvalue weighted by atomic mass is 16.3. The zero-order valence-electron chi connectivity index (χ0n) is 12.4. The number of aryl methyl sites for hydroxylation is 2. The molecule has 3 aromatic rings. The Labute approximate surface area is 128 Å². The summed E-state index contributed by atoms with van der Waals surface area (Å²) in [5.74, 6) is -0.199. The maximum atomic E-state index is 12.6. The molecule has 1 N–H and O–H groups in total. The predicted octanol–water partition coefficient (Wildman–Crippen LogP) is 3.43. The number of carbonyl (C=O) groups excluding carboxylic acids is 1. The average Bonchev–Trinajstić information content (AvgIpc) is 3.01. The van der Waals surface area contributed by atoms with Crippen LogP contribution in [0.15, 0.2) is 54.9 Å². The molecule has 0 aliphatic rings. The SMILES string of the molecule is Cc1cc(C)c(O)c(C(=O)c2cnn(-c3ccccc3)c2)c1. The van der Waals surface area contributed by atoms with E-state index in [1.54, 1.807) is 23.9 Å². The third kappa shape index (κ3) is 2.51. The second-order valence-electron chi connectivity index (χ2n) is 5.32. The lowest BCUT2D eigenvalue weighted by atomic mass is 10.00. The van der Waals surface area contributed by atoms with Gasteiger partial charge >= 0.3 is 0 Å². The van der Waals surface area contributed by atoms with E-state index >= 15 is 0 Å². The normalized spacial score (nSPS) is 10.6. The summed E-state index contributed by atoms with van der Waals surface area (Å²) in [7, 11) is 0. The Bertz CT molecular complexity index is 836. The van der Waals surface area contributed by atoms with Crippen molar-refractivity contribution in [3.05, 3.63) is 77.1 Å². The van der Waals surface area contributed by atoms with Crippen LogP contribution in [-0.2, 0) is 0 Å². The van der Waals surface area contributed by atoms with Gasteiger partial charge in [-0.1, -0.05) is 24.3 Å². The molecule has 0 bridgehead atoms. The topological polar surface area (TPSA) is 55.1 Å². The number of aromatic hydroxyl groups is 1. The third-order valence-corrected chi connectivity index (χ3v) is 3.55. The zero-order valence-corrected chi connectivity index (χ0v) is 12.4. The van der Waals surface area contributed by atoms with Gasteiger partial charge in [-0.3, -0.25) is 4.79 Å². The van der Waals surface area contributed by atoms with Crippen molar-refractivity contribution in [2.24, 2.45) is 0 Å². The van der Waals surface area contributed by atoms with E-state index in [0.29, 0.717) is 16.7 Å². The molecule has 0 radical (unpaired) electrons. The molecule has 0 aliphatic carbocycles. The number of carbonyl (C=O) groups is 1. The number of rotatable bonds is 3. The largest absolute Gasteiger partial charge is 0.507 e. The predicted molar refractivity (Wildman–Crippen MR) is 84.6 cm³/mol. The standard InChI is InChI=1S/C18H16N2O2/c1-12-8-13(2)17(21)16(9-12)18(22)14-10-19-20(11-14)15-6-4-3-5-7-15/h3-11,21H,1-2H3. The van der Waals surface area contributed by atoms with Crippen molar-refractivity contribution in [1.29, 1.82) is 0 Å². The molecule has 0 saturated carbocycles. The van der Waals surface area contributed by atoms with Gasteiger partial charge < -0.3 is 5.11 Å². The molecule has 1 heterocycles. The summed E-state index contributed by atoms with van der Waals surface area (Å²) < 4.78 is 1.65. The van der Waals surface area contributed by atoms with Gasteiger partial charge in [-0.05, 0) is 43.2 Å². The van der Waals surface area contributed by atoms with Crippen LogP contribution >= 0.6 is 0 Å². The molecular weight excluding hydrogens is 276 g/mol. The lowest BCUT2D eigenvalue weighted by Gasteiger charge is -2.07. The van der Waals surface area contributed by atoms with Gasteiger partial charge in [-0.25, -0.2) is 4.68 Å². The van der Waals surface area contributed by atoms with Crippen molar-refractivity contribution in [2.75, 3.05) is 0 Å². The van der Waals surface area contributed by atoms with Gasteiger partial charge in [-0.2, -0.15) is 5.10 Å². The van der Waals surface area contributed by atoms with Gasteiger partial charge in [0.2, 0.25) is 0 Å². The summed E-state index contributed by atoms with van der Waals surface area (Å²) in [5.41, 5.74) is 3.27. The minimum Gasteiger partial charge on any atom is -0.507 e. The van der Waals surface area contributed by atoms with Crippen molar-refractivity contribution < 1.29 is 9.90 Å². The monoisotopic (exact) mass is 292 g/mol. The molecule has 0 spiro atoms. The van der Waals surface area contributed by atoms with Gasteiger partial charge in [0.25, 0.3) is 0 Å². The number of aromatic nitrogens is 2. The smallest absolute Gasteiger partial charge is 0.199 e. The fourth-order valence-corrected chi connectivity index (χ4v) is 2.45. The Balaban J connectivity index is 1.99. The van der Waals surface area contributed by atoms with Crippen molar-refractivity contribution >= 4 is 5.78 Å². The van der Waals surface area contributed by atoms with Gasteiger partial charge in [0.1, 0.15) is 5.75 Å². The zero-order chi connectivity index (χ0) is 15.7. The van der Waals surface area contributed by atoms with Crippen molar-refractivity contribution in [2.45, 2.75) is 13.8 Å². The third-order valence-electron chi connectivity index (χ3n) is 3.55. The number of phenols is 1. The highest BCUT2D eigenvalue weighted by molar-refractivity contribution is 6.10. The maximum absolute atomic E-state index is 12.6. The van der Waals surface area contributed by atoms with E-state index in [0.717, 1.165) is 11.3 Å². The molecule has 0 saturated heterocycles. The molecule has 0 amide bonds. The summed E-state index contributed by atoms with van der Waals surface area (Å²) in [6.45, 7) is 3.68. The van der Waals surface area contributed by atoms with Crippen molar-refractivity contribution in [3.8, 4) is 11.4 Å². The van der Waals surface area contributed by atoms with E-state index in [9.17, 15) is 9.90 Å². The van der Waals surface area contributed by atoms with E-state index in [-0.39, 0.29) is 11.5 Å². The number of hydrogen-bond donors (Lipinski definition) is 1. The minimum absolute atomic E-state index is 0.0306. The Hall–Kier alpha value is -2.88. The molecule has 1 aromatic heterocycles. The van der Waals surface area contributed by atoms with E-state index in [4.69, 9.17) is 0 Å². The Morgan fingerprint density at radius 1 is 1.14 bits per heavy atom. The number of ketones is 1. The number of para-hydroxylation sites is 1. The second kappa shape index (κ2) is 5.48. The first-order valence-electron chi connectivity index (χ1n) is 7.01. The van der Waals surface area contributed by atoms with Crippen LogP contribution in [0.5, 0.6) is 5.75 Å². The highest BCUT2D eigenvalue weighted by Crippen LogP contribution is 2.26. The molecular formula is C18H16N2O2. The first kappa shape index (κ1) is 14.1. The van der Waals surface area contributed by atoms with Crippen molar-refractivity contribution in [3.63, 3.8) is 0 Å². The minimum atomic E-state index is -0.230. The lowest BCUT2D eigenvalue weighted by molar-refractivity contribution is 0.103. The number of benzene rings is 2. The highest BCUT2D eigenvalue weighted by Gasteiger charge is 2.17. The van der Waals surface area contributed by atoms with Crippen LogP contribution in [-0.4, -0.2) is 20.7 Å². The molecule has 0 unspecified atom stereocenters. The Morgan fingerprint density at radius 2 is 1.86 bits per heavy atom. The van der Waals surface area contributed by atoms with Gasteiger partial charge in [0, 0.05) is 6.20 Å². The summed E-state index contributed by atoms with van der Waals surface area (Å²) in [6.07, 6.45) is 3.20. The van der Waals surface area contributed by atoms with Crippen LogP contribution in [0.3, 0.4) is 0 Å². The van der Waals surface area contributed by atoms with E-state index in [1.807, 2.05) is 43.3 Å². The van der Waals surface area contributed by atoms with Crippen LogP contribution in [0.2, 0.25) is 0 Å². The fourth-order valence-electron chi connectivity index (χ4n) is 2.45.